The number of carboxylic acids is 1. The van der Waals surface area contributed by atoms with Crippen molar-refractivity contribution in [3.05, 3.63) is 24.3 Å². The van der Waals surface area contributed by atoms with Crippen LogP contribution in [0.5, 0.6) is 0 Å². The maximum atomic E-state index is 12.1. The topological polar surface area (TPSA) is 76.1 Å². The molecule has 1 amide bonds. The summed E-state index contributed by atoms with van der Waals surface area (Å²) in [7, 11) is -0.511. The van der Waals surface area contributed by atoms with Gasteiger partial charge in [-0.05, 0) is 45.3 Å². The molecule has 7 heteroatoms. The van der Waals surface area contributed by atoms with Gasteiger partial charge in [-0.3, -0.25) is 9.59 Å². The summed E-state index contributed by atoms with van der Waals surface area (Å²) in [6, 6.07) is 7.36. The molecule has 2 saturated heterocycles. The van der Waals surface area contributed by atoms with Gasteiger partial charge in [0.05, 0.1) is 17.1 Å². The predicted octanol–water partition coefficient (Wildman–Crippen LogP) is 1.42. The van der Waals surface area contributed by atoms with Crippen LogP contribution in [0, 0.1) is 5.92 Å². The maximum absolute atomic E-state index is 12.1. The Morgan fingerprint density at radius 3 is 2.42 bits per heavy atom. The minimum atomic E-state index is -0.937. The zero-order valence-electron chi connectivity index (χ0n) is 14.4. The average Bonchev–Trinajstić information content (AvgIpc) is 2.97. The summed E-state index contributed by atoms with van der Waals surface area (Å²) in [4.78, 5) is 24.8. The average molecular weight is 331 g/mol. The zero-order chi connectivity index (χ0) is 17.7. The lowest BCUT2D eigenvalue weighted by Gasteiger charge is -2.32. The fourth-order valence-electron chi connectivity index (χ4n) is 2.94. The number of carbonyl (C=O) groups is 2. The van der Waals surface area contributed by atoms with Crippen LogP contribution < -0.4 is 10.4 Å². The highest BCUT2D eigenvalue weighted by Gasteiger charge is 2.51. The molecule has 2 fully saturated rings. The van der Waals surface area contributed by atoms with Crippen LogP contribution in [0.25, 0.3) is 0 Å². The summed E-state index contributed by atoms with van der Waals surface area (Å²) in [6.07, 6.45) is 0.0377. The molecule has 1 N–H and O–H groups in total. The molecule has 0 saturated carbocycles. The monoisotopic (exact) mass is 331 g/mol. The lowest BCUT2D eigenvalue weighted by Crippen LogP contribution is -2.41. The Labute approximate surface area is 141 Å². The largest absolute Gasteiger partial charge is 0.494 e. The first kappa shape index (κ1) is 17.0. The van der Waals surface area contributed by atoms with Crippen molar-refractivity contribution in [3.8, 4) is 0 Å². The van der Waals surface area contributed by atoms with Gasteiger partial charge in [-0.1, -0.05) is 12.1 Å². The third kappa shape index (κ3) is 2.82. The van der Waals surface area contributed by atoms with Crippen LogP contribution >= 0.6 is 0 Å². The van der Waals surface area contributed by atoms with E-state index in [-0.39, 0.29) is 18.9 Å². The molecule has 2 aliphatic rings. The first-order chi connectivity index (χ1) is 11.1. The van der Waals surface area contributed by atoms with Gasteiger partial charge >= 0.3 is 13.1 Å². The van der Waals surface area contributed by atoms with E-state index in [2.05, 4.69) is 0 Å². The normalized spacial score (nSPS) is 25.3. The van der Waals surface area contributed by atoms with E-state index in [0.29, 0.717) is 5.69 Å². The third-order valence-corrected chi connectivity index (χ3v) is 5.18. The number of carbonyl (C=O) groups excluding carboxylic acids is 1. The summed E-state index contributed by atoms with van der Waals surface area (Å²) >= 11 is 0. The summed E-state index contributed by atoms with van der Waals surface area (Å²) in [5, 5.41) is 9.12. The van der Waals surface area contributed by atoms with Crippen LogP contribution in [0.2, 0.25) is 0 Å². The molecule has 0 spiro atoms. The minimum absolute atomic E-state index is 0.0377. The SMILES string of the molecule is CC1(C)OB(c2cccc(N3C[C@H](C(=O)O)CC3=O)c2)OC1(C)C. The number of amides is 1. The number of benzene rings is 1. The minimum Gasteiger partial charge on any atom is -0.481 e. The molecule has 0 unspecified atom stereocenters. The summed E-state index contributed by atoms with van der Waals surface area (Å²) in [5.74, 6) is -1.76. The van der Waals surface area contributed by atoms with Gasteiger partial charge in [0.2, 0.25) is 5.91 Å². The molecule has 24 heavy (non-hydrogen) atoms. The van der Waals surface area contributed by atoms with Crippen molar-refractivity contribution >= 4 is 30.1 Å². The van der Waals surface area contributed by atoms with E-state index in [9.17, 15) is 9.59 Å². The molecule has 6 nitrogen and oxygen atoms in total. The van der Waals surface area contributed by atoms with Crippen LogP contribution in [0.15, 0.2) is 24.3 Å². The van der Waals surface area contributed by atoms with E-state index in [1.807, 2.05) is 45.9 Å². The molecule has 3 rings (SSSR count). The van der Waals surface area contributed by atoms with Gasteiger partial charge in [-0.15, -0.1) is 0 Å². The smallest absolute Gasteiger partial charge is 0.481 e. The Morgan fingerprint density at radius 2 is 1.88 bits per heavy atom. The van der Waals surface area contributed by atoms with E-state index in [1.54, 1.807) is 6.07 Å². The highest BCUT2D eigenvalue weighted by molar-refractivity contribution is 6.62. The fraction of sp³-hybridized carbons (Fsp3) is 0.529. The summed E-state index contributed by atoms with van der Waals surface area (Å²) in [5.41, 5.74) is 0.616. The van der Waals surface area contributed by atoms with Crippen molar-refractivity contribution in [2.45, 2.75) is 45.3 Å². The molecule has 0 aromatic heterocycles. The lowest BCUT2D eigenvalue weighted by molar-refractivity contribution is -0.141. The first-order valence-electron chi connectivity index (χ1n) is 8.09. The Kier molecular flexibility index (Phi) is 3.96. The second-order valence-electron chi connectivity index (χ2n) is 7.43. The van der Waals surface area contributed by atoms with Gasteiger partial charge in [-0.2, -0.15) is 0 Å². The molecular weight excluding hydrogens is 309 g/mol. The highest BCUT2D eigenvalue weighted by atomic mass is 16.7. The third-order valence-electron chi connectivity index (χ3n) is 5.18. The van der Waals surface area contributed by atoms with Crippen molar-refractivity contribution in [3.63, 3.8) is 0 Å². The number of carboxylic acid groups (broad SMARTS) is 1. The number of aliphatic carboxylic acids is 1. The van der Waals surface area contributed by atoms with Crippen LogP contribution in [-0.2, 0) is 18.9 Å². The molecule has 1 aromatic carbocycles. The van der Waals surface area contributed by atoms with Gasteiger partial charge in [0, 0.05) is 18.7 Å². The number of anilines is 1. The van der Waals surface area contributed by atoms with Crippen LogP contribution in [0.4, 0.5) is 5.69 Å². The van der Waals surface area contributed by atoms with Crippen molar-refractivity contribution in [1.29, 1.82) is 0 Å². The zero-order valence-corrected chi connectivity index (χ0v) is 14.4. The van der Waals surface area contributed by atoms with Gasteiger partial charge < -0.3 is 19.3 Å². The quantitative estimate of drug-likeness (QED) is 0.848. The lowest BCUT2D eigenvalue weighted by atomic mass is 9.79. The van der Waals surface area contributed by atoms with Crippen LogP contribution in [0.3, 0.4) is 0 Å². The Bertz CT molecular complexity index is 671. The van der Waals surface area contributed by atoms with E-state index < -0.39 is 30.2 Å². The summed E-state index contributed by atoms with van der Waals surface area (Å²) < 4.78 is 12.1. The molecule has 0 radical (unpaired) electrons. The van der Waals surface area contributed by atoms with Crippen LogP contribution in [0.1, 0.15) is 34.1 Å². The van der Waals surface area contributed by atoms with Crippen molar-refractivity contribution in [2.75, 3.05) is 11.4 Å². The fourth-order valence-corrected chi connectivity index (χ4v) is 2.94. The van der Waals surface area contributed by atoms with Crippen molar-refractivity contribution in [1.82, 2.24) is 0 Å². The predicted molar refractivity (Wildman–Crippen MR) is 90.3 cm³/mol. The van der Waals surface area contributed by atoms with Crippen molar-refractivity contribution in [2.24, 2.45) is 5.92 Å². The Hall–Kier alpha value is -1.86. The number of hydrogen-bond acceptors (Lipinski definition) is 4. The van der Waals surface area contributed by atoms with Crippen LogP contribution in [-0.4, -0.2) is 41.8 Å². The molecule has 128 valence electrons. The van der Waals surface area contributed by atoms with Gasteiger partial charge in [-0.25, -0.2) is 0 Å². The van der Waals surface area contributed by atoms with Crippen molar-refractivity contribution < 1.29 is 24.0 Å². The van der Waals surface area contributed by atoms with Gasteiger partial charge in [0.15, 0.2) is 0 Å². The molecule has 0 aliphatic carbocycles. The Balaban J connectivity index is 1.84. The maximum Gasteiger partial charge on any atom is 0.494 e. The number of nitrogens with zero attached hydrogens (tertiary/aromatic N) is 1. The molecular formula is C17H22BNO5. The number of rotatable bonds is 3. The molecule has 1 atom stereocenters. The van der Waals surface area contributed by atoms with Gasteiger partial charge in [0.25, 0.3) is 0 Å². The van der Waals surface area contributed by atoms with E-state index in [1.165, 1.54) is 4.90 Å². The Morgan fingerprint density at radius 1 is 1.25 bits per heavy atom. The molecule has 2 aliphatic heterocycles. The second kappa shape index (κ2) is 5.60. The summed E-state index contributed by atoms with van der Waals surface area (Å²) in [6.45, 7) is 8.13. The number of hydrogen-bond donors (Lipinski definition) is 1. The first-order valence-corrected chi connectivity index (χ1v) is 8.09. The highest BCUT2D eigenvalue weighted by Crippen LogP contribution is 2.36. The van der Waals surface area contributed by atoms with E-state index in [4.69, 9.17) is 14.4 Å². The van der Waals surface area contributed by atoms with Gasteiger partial charge in [0.1, 0.15) is 0 Å². The standard InChI is InChI=1S/C17H22BNO5/c1-16(2)17(3,4)24-18(23-16)12-6-5-7-13(9-12)19-10-11(15(21)22)8-14(19)20/h5-7,9,11H,8,10H2,1-4H3,(H,21,22)/t11-/m1/s1. The molecule has 2 heterocycles. The molecule has 0 bridgehead atoms. The second-order valence-corrected chi connectivity index (χ2v) is 7.43. The molecule has 1 aromatic rings. The van der Waals surface area contributed by atoms with E-state index in [0.717, 1.165) is 5.46 Å². The van der Waals surface area contributed by atoms with E-state index >= 15 is 0 Å².